The van der Waals surface area contributed by atoms with Crippen molar-refractivity contribution < 1.29 is 19.1 Å². The molecule has 0 aliphatic carbocycles. The number of likely N-dealkylation sites (N-methyl/N-ethyl adjacent to an activating group) is 1. The van der Waals surface area contributed by atoms with Gasteiger partial charge in [0.2, 0.25) is 5.91 Å². The molecule has 1 heterocycles. The minimum Gasteiger partial charge on any atom is -0.496 e. The summed E-state index contributed by atoms with van der Waals surface area (Å²) in [5.74, 6) is 0.603. The molecule has 6 heteroatoms. The quantitative estimate of drug-likeness (QED) is 0.865. The van der Waals surface area contributed by atoms with Crippen molar-refractivity contribution >= 4 is 12.0 Å². The minimum absolute atomic E-state index is 0.107. The van der Waals surface area contributed by atoms with Crippen LogP contribution >= 0.6 is 0 Å². The van der Waals surface area contributed by atoms with E-state index in [0.717, 1.165) is 11.3 Å². The van der Waals surface area contributed by atoms with Crippen molar-refractivity contribution in [3.63, 3.8) is 0 Å². The number of carbonyl (C=O) groups excluding carboxylic acids is 2. The van der Waals surface area contributed by atoms with Crippen LogP contribution in [0.15, 0.2) is 24.3 Å². The summed E-state index contributed by atoms with van der Waals surface area (Å²) in [6.45, 7) is 0.591. The number of ether oxygens (including phenoxy) is 2. The number of hydrogen-bond acceptors (Lipinski definition) is 4. The van der Waals surface area contributed by atoms with Crippen molar-refractivity contribution in [2.45, 2.75) is 12.5 Å². The molecule has 0 aromatic heterocycles. The Hall–Kier alpha value is -2.24. The summed E-state index contributed by atoms with van der Waals surface area (Å²) < 4.78 is 10.1. The van der Waals surface area contributed by atoms with Crippen molar-refractivity contribution in [2.24, 2.45) is 0 Å². The lowest BCUT2D eigenvalue weighted by atomic mass is 10.1. The molecule has 6 nitrogen and oxygen atoms in total. The van der Waals surface area contributed by atoms with E-state index in [1.807, 2.05) is 24.3 Å². The van der Waals surface area contributed by atoms with Crippen LogP contribution in [-0.2, 0) is 16.0 Å². The van der Waals surface area contributed by atoms with Gasteiger partial charge in [-0.25, -0.2) is 4.79 Å². The molecule has 0 bridgehead atoms. The molecule has 0 saturated carbocycles. The number of para-hydroxylation sites is 1. The third-order valence-electron chi connectivity index (χ3n) is 3.31. The van der Waals surface area contributed by atoms with E-state index >= 15 is 0 Å². The zero-order valence-electron chi connectivity index (χ0n) is 11.6. The number of carbonyl (C=O) groups is 2. The SMILES string of the molecule is COc1ccccc1CCNC(=O)C1COC(=O)N1C. The molecule has 1 unspecified atom stereocenters. The van der Waals surface area contributed by atoms with Crippen molar-refractivity contribution in [3.05, 3.63) is 29.8 Å². The second-order valence-electron chi connectivity index (χ2n) is 4.56. The third-order valence-corrected chi connectivity index (χ3v) is 3.31. The van der Waals surface area contributed by atoms with Crippen LogP contribution in [-0.4, -0.2) is 50.3 Å². The number of nitrogens with one attached hydrogen (secondary N) is 1. The van der Waals surface area contributed by atoms with E-state index < -0.39 is 12.1 Å². The summed E-state index contributed by atoms with van der Waals surface area (Å²) in [4.78, 5) is 24.4. The Morgan fingerprint density at radius 1 is 1.50 bits per heavy atom. The number of benzene rings is 1. The predicted octanol–water partition coefficient (Wildman–Crippen LogP) is 0.804. The Morgan fingerprint density at radius 3 is 2.90 bits per heavy atom. The number of cyclic esters (lactones) is 1. The summed E-state index contributed by atoms with van der Waals surface area (Å²) in [7, 11) is 3.17. The van der Waals surface area contributed by atoms with Gasteiger partial charge in [-0.2, -0.15) is 0 Å². The van der Waals surface area contributed by atoms with Gasteiger partial charge in [0.1, 0.15) is 18.4 Å². The monoisotopic (exact) mass is 278 g/mol. The van der Waals surface area contributed by atoms with Crippen molar-refractivity contribution in [2.75, 3.05) is 27.3 Å². The standard InChI is InChI=1S/C14H18N2O4/c1-16-11(9-20-14(16)18)13(17)15-8-7-10-5-3-4-6-12(10)19-2/h3-6,11H,7-9H2,1-2H3,(H,15,17). The highest BCUT2D eigenvalue weighted by molar-refractivity contribution is 5.87. The fourth-order valence-corrected chi connectivity index (χ4v) is 2.09. The Bertz CT molecular complexity index is 504. The average molecular weight is 278 g/mol. The second kappa shape index (κ2) is 6.27. The zero-order valence-corrected chi connectivity index (χ0v) is 11.6. The van der Waals surface area contributed by atoms with E-state index in [1.165, 1.54) is 4.90 Å². The molecule has 1 aliphatic rings. The maximum atomic E-state index is 11.9. The van der Waals surface area contributed by atoms with Crippen LogP contribution in [0.25, 0.3) is 0 Å². The molecule has 108 valence electrons. The van der Waals surface area contributed by atoms with E-state index in [2.05, 4.69) is 5.32 Å². The predicted molar refractivity (Wildman–Crippen MR) is 72.6 cm³/mol. The van der Waals surface area contributed by atoms with E-state index in [1.54, 1.807) is 14.2 Å². The molecule has 1 aromatic rings. The topological polar surface area (TPSA) is 67.9 Å². The molecule has 2 rings (SSSR count). The molecule has 1 N–H and O–H groups in total. The molecule has 0 radical (unpaired) electrons. The van der Waals surface area contributed by atoms with Crippen LogP contribution < -0.4 is 10.1 Å². The summed E-state index contributed by atoms with van der Waals surface area (Å²) in [5, 5.41) is 2.81. The van der Waals surface area contributed by atoms with E-state index in [0.29, 0.717) is 13.0 Å². The first-order chi connectivity index (χ1) is 9.63. The van der Waals surface area contributed by atoms with Gasteiger partial charge in [-0.15, -0.1) is 0 Å². The van der Waals surface area contributed by atoms with E-state index in [-0.39, 0.29) is 12.5 Å². The first-order valence-corrected chi connectivity index (χ1v) is 6.42. The lowest BCUT2D eigenvalue weighted by molar-refractivity contribution is -0.124. The second-order valence-corrected chi connectivity index (χ2v) is 4.56. The number of methoxy groups -OCH3 is 1. The van der Waals surface area contributed by atoms with Crippen LogP contribution in [0.1, 0.15) is 5.56 Å². The Balaban J connectivity index is 1.84. The van der Waals surface area contributed by atoms with E-state index in [9.17, 15) is 9.59 Å². The van der Waals surface area contributed by atoms with Gasteiger partial charge in [-0.3, -0.25) is 9.69 Å². The normalized spacial score (nSPS) is 17.8. The lowest BCUT2D eigenvalue weighted by Crippen LogP contribution is -2.44. The molecule has 1 aliphatic heterocycles. The molecular formula is C14H18N2O4. The number of rotatable bonds is 5. The first kappa shape index (κ1) is 14.2. The molecular weight excluding hydrogens is 260 g/mol. The molecule has 1 atom stereocenters. The Labute approximate surface area is 117 Å². The fraction of sp³-hybridized carbons (Fsp3) is 0.429. The van der Waals surface area contributed by atoms with Gasteiger partial charge in [-0.05, 0) is 18.1 Å². The van der Waals surface area contributed by atoms with Crippen LogP contribution in [0.5, 0.6) is 5.75 Å². The summed E-state index contributed by atoms with van der Waals surface area (Å²) in [6, 6.07) is 7.13. The first-order valence-electron chi connectivity index (χ1n) is 6.42. The highest BCUT2D eigenvalue weighted by Gasteiger charge is 2.34. The maximum Gasteiger partial charge on any atom is 0.410 e. The fourth-order valence-electron chi connectivity index (χ4n) is 2.09. The maximum absolute atomic E-state index is 11.9. The van der Waals surface area contributed by atoms with Crippen LogP contribution in [0, 0.1) is 0 Å². The Morgan fingerprint density at radius 2 is 2.25 bits per heavy atom. The van der Waals surface area contributed by atoms with Gasteiger partial charge < -0.3 is 14.8 Å². The van der Waals surface area contributed by atoms with E-state index in [4.69, 9.17) is 9.47 Å². The summed E-state index contributed by atoms with van der Waals surface area (Å²) >= 11 is 0. The largest absolute Gasteiger partial charge is 0.496 e. The molecule has 20 heavy (non-hydrogen) atoms. The minimum atomic E-state index is -0.542. The molecule has 1 aromatic carbocycles. The van der Waals surface area contributed by atoms with Crippen LogP contribution in [0.3, 0.4) is 0 Å². The molecule has 1 fully saturated rings. The highest BCUT2D eigenvalue weighted by atomic mass is 16.6. The molecule has 2 amide bonds. The average Bonchev–Trinajstić information content (AvgIpc) is 2.79. The third kappa shape index (κ3) is 3.01. The van der Waals surface area contributed by atoms with Crippen LogP contribution in [0.4, 0.5) is 4.79 Å². The molecule has 1 saturated heterocycles. The van der Waals surface area contributed by atoms with Crippen molar-refractivity contribution in [3.8, 4) is 5.75 Å². The smallest absolute Gasteiger partial charge is 0.410 e. The van der Waals surface area contributed by atoms with Gasteiger partial charge in [0.05, 0.1) is 7.11 Å². The Kier molecular flexibility index (Phi) is 4.45. The zero-order chi connectivity index (χ0) is 14.5. The number of nitrogens with zero attached hydrogens (tertiary/aromatic N) is 1. The molecule has 0 spiro atoms. The van der Waals surface area contributed by atoms with Crippen molar-refractivity contribution in [1.29, 1.82) is 0 Å². The van der Waals surface area contributed by atoms with Gasteiger partial charge in [0, 0.05) is 13.6 Å². The lowest BCUT2D eigenvalue weighted by Gasteiger charge is -2.16. The number of hydrogen-bond donors (Lipinski definition) is 1. The number of amides is 2. The van der Waals surface area contributed by atoms with Gasteiger partial charge in [0.25, 0.3) is 0 Å². The highest BCUT2D eigenvalue weighted by Crippen LogP contribution is 2.17. The van der Waals surface area contributed by atoms with Crippen LogP contribution in [0.2, 0.25) is 0 Å². The van der Waals surface area contributed by atoms with Gasteiger partial charge in [-0.1, -0.05) is 18.2 Å². The van der Waals surface area contributed by atoms with Crippen molar-refractivity contribution in [1.82, 2.24) is 10.2 Å². The van der Waals surface area contributed by atoms with Gasteiger partial charge in [0.15, 0.2) is 0 Å². The summed E-state index contributed by atoms with van der Waals surface area (Å²) in [5.41, 5.74) is 1.03. The van der Waals surface area contributed by atoms with Gasteiger partial charge >= 0.3 is 6.09 Å². The summed E-state index contributed by atoms with van der Waals surface area (Å²) in [6.07, 6.45) is 0.205.